The van der Waals surface area contributed by atoms with Crippen molar-refractivity contribution in [3.05, 3.63) is 58.5 Å². The Bertz CT molecular complexity index is 940. The van der Waals surface area contributed by atoms with Gasteiger partial charge in [-0.25, -0.2) is 5.43 Å². The molecule has 0 bridgehead atoms. The number of nitrogens with one attached hydrogen (secondary N) is 2. The molecule has 0 saturated heterocycles. The van der Waals surface area contributed by atoms with E-state index in [1.807, 2.05) is 37.3 Å². The van der Waals surface area contributed by atoms with Crippen molar-refractivity contribution in [1.29, 1.82) is 0 Å². The predicted molar refractivity (Wildman–Crippen MR) is 116 cm³/mol. The van der Waals surface area contributed by atoms with Crippen LogP contribution in [0.3, 0.4) is 0 Å². The SMILES string of the molecule is Cc1c(C(=O)NC2CCCCC2)oc2c1/C(=N/NC(=O)Cc1ccccc1)CCC2. The molecular formula is C24H29N3O3. The molecule has 2 aliphatic carbocycles. The molecule has 0 atom stereocenters. The van der Waals surface area contributed by atoms with Crippen LogP contribution in [0.5, 0.6) is 0 Å². The van der Waals surface area contributed by atoms with Crippen LogP contribution in [0.4, 0.5) is 0 Å². The first-order valence-electron chi connectivity index (χ1n) is 10.9. The van der Waals surface area contributed by atoms with E-state index in [1.54, 1.807) is 0 Å². The van der Waals surface area contributed by atoms with E-state index in [0.717, 1.165) is 73.1 Å². The van der Waals surface area contributed by atoms with Crippen molar-refractivity contribution in [3.63, 3.8) is 0 Å². The number of amides is 2. The number of carbonyl (C=O) groups excluding carboxylic acids is 2. The number of furan rings is 1. The summed E-state index contributed by atoms with van der Waals surface area (Å²) in [5, 5.41) is 7.53. The van der Waals surface area contributed by atoms with Crippen molar-refractivity contribution in [2.75, 3.05) is 0 Å². The summed E-state index contributed by atoms with van der Waals surface area (Å²) >= 11 is 0. The molecule has 2 amide bonds. The maximum absolute atomic E-state index is 12.8. The summed E-state index contributed by atoms with van der Waals surface area (Å²) in [7, 11) is 0. The fourth-order valence-corrected chi connectivity index (χ4v) is 4.45. The van der Waals surface area contributed by atoms with Gasteiger partial charge in [0.05, 0.1) is 12.1 Å². The van der Waals surface area contributed by atoms with Gasteiger partial charge in [0.1, 0.15) is 5.76 Å². The van der Waals surface area contributed by atoms with Crippen molar-refractivity contribution in [3.8, 4) is 0 Å². The van der Waals surface area contributed by atoms with Crippen LogP contribution in [0.15, 0.2) is 39.9 Å². The number of rotatable bonds is 5. The third-order valence-electron chi connectivity index (χ3n) is 6.00. The van der Waals surface area contributed by atoms with Gasteiger partial charge in [-0.15, -0.1) is 0 Å². The largest absolute Gasteiger partial charge is 0.455 e. The lowest BCUT2D eigenvalue weighted by molar-refractivity contribution is -0.120. The molecule has 6 heteroatoms. The molecular weight excluding hydrogens is 378 g/mol. The normalized spacial score (nSPS) is 18.1. The highest BCUT2D eigenvalue weighted by Crippen LogP contribution is 2.30. The summed E-state index contributed by atoms with van der Waals surface area (Å²) in [5.74, 6) is 0.887. The Morgan fingerprint density at radius 3 is 2.60 bits per heavy atom. The van der Waals surface area contributed by atoms with Crippen LogP contribution in [-0.2, 0) is 17.6 Å². The van der Waals surface area contributed by atoms with Crippen molar-refractivity contribution in [2.24, 2.45) is 5.10 Å². The van der Waals surface area contributed by atoms with Crippen LogP contribution < -0.4 is 10.7 Å². The molecule has 2 aliphatic rings. The van der Waals surface area contributed by atoms with Crippen molar-refractivity contribution >= 4 is 17.5 Å². The van der Waals surface area contributed by atoms with E-state index in [-0.39, 0.29) is 24.3 Å². The first-order chi connectivity index (χ1) is 14.6. The van der Waals surface area contributed by atoms with Crippen molar-refractivity contribution in [1.82, 2.24) is 10.7 Å². The van der Waals surface area contributed by atoms with Gasteiger partial charge < -0.3 is 9.73 Å². The second kappa shape index (κ2) is 9.28. The average Bonchev–Trinajstić information content (AvgIpc) is 3.11. The van der Waals surface area contributed by atoms with Gasteiger partial charge in [-0.05, 0) is 38.2 Å². The standard InChI is InChI=1S/C24H29N3O3/c1-16-22-19(26-27-21(28)15-17-9-4-2-5-10-17)13-8-14-20(22)30-23(16)24(29)25-18-11-6-3-7-12-18/h2,4-5,9-10,18H,3,6-8,11-15H2,1H3,(H,25,29)(H,27,28)/b26-19+. The summed E-state index contributed by atoms with van der Waals surface area (Å²) in [5.41, 5.74) is 6.11. The number of nitrogens with zero attached hydrogens (tertiary/aromatic N) is 1. The maximum atomic E-state index is 12.8. The molecule has 1 aromatic heterocycles. The third-order valence-corrected chi connectivity index (χ3v) is 6.00. The molecule has 1 saturated carbocycles. The zero-order chi connectivity index (χ0) is 20.9. The predicted octanol–water partition coefficient (Wildman–Crippen LogP) is 4.05. The van der Waals surface area contributed by atoms with Gasteiger partial charge in [-0.1, -0.05) is 49.6 Å². The Balaban J connectivity index is 1.47. The summed E-state index contributed by atoms with van der Waals surface area (Å²) in [6.07, 6.45) is 8.34. The minimum atomic E-state index is -0.155. The summed E-state index contributed by atoms with van der Waals surface area (Å²) < 4.78 is 5.97. The summed E-state index contributed by atoms with van der Waals surface area (Å²) in [4.78, 5) is 25.1. The molecule has 0 spiro atoms. The van der Waals surface area contributed by atoms with E-state index in [4.69, 9.17) is 4.42 Å². The van der Waals surface area contributed by atoms with Crippen LogP contribution >= 0.6 is 0 Å². The van der Waals surface area contributed by atoms with Gasteiger partial charge in [0.15, 0.2) is 5.76 Å². The van der Waals surface area contributed by atoms with Crippen LogP contribution in [0.25, 0.3) is 0 Å². The Hall–Kier alpha value is -2.89. The number of carbonyl (C=O) groups is 2. The van der Waals surface area contributed by atoms with E-state index >= 15 is 0 Å². The maximum Gasteiger partial charge on any atom is 0.287 e. The molecule has 0 aliphatic heterocycles. The highest BCUT2D eigenvalue weighted by Gasteiger charge is 2.29. The Morgan fingerprint density at radius 2 is 1.83 bits per heavy atom. The first-order valence-corrected chi connectivity index (χ1v) is 10.9. The molecule has 1 heterocycles. The van der Waals surface area contributed by atoms with Gasteiger partial charge >= 0.3 is 0 Å². The van der Waals surface area contributed by atoms with Crippen molar-refractivity contribution in [2.45, 2.75) is 70.8 Å². The van der Waals surface area contributed by atoms with Crippen LogP contribution in [0.2, 0.25) is 0 Å². The number of hydrogen-bond acceptors (Lipinski definition) is 4. The Morgan fingerprint density at radius 1 is 1.07 bits per heavy atom. The average molecular weight is 408 g/mol. The lowest BCUT2D eigenvalue weighted by Crippen LogP contribution is -2.36. The van der Waals surface area contributed by atoms with E-state index in [0.29, 0.717) is 5.76 Å². The molecule has 1 aromatic carbocycles. The molecule has 4 rings (SSSR count). The van der Waals surface area contributed by atoms with E-state index < -0.39 is 0 Å². The number of hydrogen-bond donors (Lipinski definition) is 2. The highest BCUT2D eigenvalue weighted by molar-refractivity contribution is 6.06. The molecule has 6 nitrogen and oxygen atoms in total. The third kappa shape index (κ3) is 4.64. The number of benzene rings is 1. The molecule has 0 radical (unpaired) electrons. The van der Waals surface area contributed by atoms with Gasteiger partial charge in [-0.3, -0.25) is 9.59 Å². The van der Waals surface area contributed by atoms with Crippen LogP contribution in [0, 0.1) is 6.92 Å². The van der Waals surface area contributed by atoms with E-state index in [9.17, 15) is 9.59 Å². The Labute approximate surface area is 177 Å². The van der Waals surface area contributed by atoms with E-state index in [2.05, 4.69) is 15.8 Å². The molecule has 1 fully saturated rings. The smallest absolute Gasteiger partial charge is 0.287 e. The fraction of sp³-hybridized carbons (Fsp3) is 0.458. The lowest BCUT2D eigenvalue weighted by Gasteiger charge is -2.22. The van der Waals surface area contributed by atoms with Gasteiger partial charge in [0.2, 0.25) is 5.91 Å². The topological polar surface area (TPSA) is 83.7 Å². The Kier molecular flexibility index (Phi) is 6.31. The minimum absolute atomic E-state index is 0.138. The fourth-order valence-electron chi connectivity index (χ4n) is 4.45. The summed E-state index contributed by atoms with van der Waals surface area (Å²) in [6.45, 7) is 1.91. The second-order valence-corrected chi connectivity index (χ2v) is 8.27. The monoisotopic (exact) mass is 407 g/mol. The second-order valence-electron chi connectivity index (χ2n) is 8.27. The molecule has 0 unspecified atom stereocenters. The van der Waals surface area contributed by atoms with Gasteiger partial charge in [0, 0.05) is 23.6 Å². The van der Waals surface area contributed by atoms with Gasteiger partial charge in [0.25, 0.3) is 5.91 Å². The van der Waals surface area contributed by atoms with Crippen LogP contribution in [0.1, 0.15) is 78.0 Å². The molecule has 158 valence electrons. The summed E-state index contributed by atoms with van der Waals surface area (Å²) in [6, 6.07) is 9.83. The highest BCUT2D eigenvalue weighted by atomic mass is 16.4. The molecule has 30 heavy (non-hydrogen) atoms. The molecule has 2 aromatic rings. The number of aryl methyl sites for hydroxylation is 1. The van der Waals surface area contributed by atoms with Crippen LogP contribution in [-0.4, -0.2) is 23.6 Å². The molecule has 2 N–H and O–H groups in total. The zero-order valence-electron chi connectivity index (χ0n) is 17.5. The first kappa shape index (κ1) is 20.4. The minimum Gasteiger partial charge on any atom is -0.455 e. The van der Waals surface area contributed by atoms with E-state index in [1.165, 1.54) is 6.42 Å². The number of fused-ring (bicyclic) bond motifs is 1. The number of hydrazone groups is 1. The zero-order valence-corrected chi connectivity index (χ0v) is 17.5. The van der Waals surface area contributed by atoms with Crippen molar-refractivity contribution < 1.29 is 14.0 Å². The quantitative estimate of drug-likeness (QED) is 0.734. The van der Waals surface area contributed by atoms with Gasteiger partial charge in [-0.2, -0.15) is 5.10 Å². The lowest BCUT2D eigenvalue weighted by atomic mass is 9.93.